The van der Waals surface area contributed by atoms with E-state index in [0.29, 0.717) is 5.78 Å². The van der Waals surface area contributed by atoms with Gasteiger partial charge in [-0.05, 0) is 123 Å². The normalized spacial score (nSPS) is 23.8. The summed E-state index contributed by atoms with van der Waals surface area (Å²) < 4.78 is 0. The second kappa shape index (κ2) is 15.6. The Labute approximate surface area is 234 Å². The third-order valence-corrected chi connectivity index (χ3v) is 9.81. The molecule has 38 heavy (non-hydrogen) atoms. The summed E-state index contributed by atoms with van der Waals surface area (Å²) in [6.07, 6.45) is 21.9. The van der Waals surface area contributed by atoms with Gasteiger partial charge in [-0.25, -0.2) is 0 Å². The summed E-state index contributed by atoms with van der Waals surface area (Å²) in [6.45, 7) is 4.51. The molecule has 208 valence electrons. The first kappa shape index (κ1) is 29.1. The first-order chi connectivity index (χ1) is 18.6. The molecule has 0 spiro atoms. The van der Waals surface area contributed by atoms with Gasteiger partial charge in [-0.1, -0.05) is 88.1 Å². The summed E-state index contributed by atoms with van der Waals surface area (Å²) >= 11 is 0. The van der Waals surface area contributed by atoms with Crippen LogP contribution in [0.4, 0.5) is 0 Å². The van der Waals surface area contributed by atoms with Crippen molar-refractivity contribution < 1.29 is 4.79 Å². The van der Waals surface area contributed by atoms with Crippen LogP contribution < -0.4 is 0 Å². The van der Waals surface area contributed by atoms with Crippen molar-refractivity contribution >= 4 is 5.78 Å². The molecule has 0 amide bonds. The lowest BCUT2D eigenvalue weighted by molar-refractivity contribution is -0.119. The summed E-state index contributed by atoms with van der Waals surface area (Å²) in [5, 5.41) is 0. The second-order valence-electron chi connectivity index (χ2n) is 12.7. The van der Waals surface area contributed by atoms with Gasteiger partial charge in [-0.2, -0.15) is 0 Å². The van der Waals surface area contributed by atoms with Gasteiger partial charge in [0, 0.05) is 12.8 Å². The lowest BCUT2D eigenvalue weighted by Crippen LogP contribution is -2.14. The third-order valence-electron chi connectivity index (χ3n) is 9.81. The third kappa shape index (κ3) is 9.10. The molecular formula is C37H54O. The van der Waals surface area contributed by atoms with Crippen LogP contribution in [0, 0.1) is 11.8 Å². The molecule has 0 aromatic heterocycles. The number of rotatable bonds is 14. The highest BCUT2D eigenvalue weighted by Crippen LogP contribution is 2.39. The molecule has 1 nitrogen and oxygen atoms in total. The van der Waals surface area contributed by atoms with Crippen LogP contribution in [-0.2, 0) is 17.6 Å². The molecule has 0 saturated heterocycles. The highest BCUT2D eigenvalue weighted by atomic mass is 16.1. The molecule has 4 rings (SSSR count). The molecule has 0 heterocycles. The minimum atomic E-state index is 0.520. The zero-order valence-electron chi connectivity index (χ0n) is 24.6. The second-order valence-corrected chi connectivity index (χ2v) is 12.7. The number of hydrogen-bond donors (Lipinski definition) is 0. The first-order valence-corrected chi connectivity index (χ1v) is 16.3. The fraction of sp³-hybridized carbons (Fsp3) is 0.649. The van der Waals surface area contributed by atoms with E-state index in [-0.39, 0.29) is 0 Å². The predicted molar refractivity (Wildman–Crippen MR) is 163 cm³/mol. The van der Waals surface area contributed by atoms with Crippen LogP contribution in [0.3, 0.4) is 0 Å². The fourth-order valence-electron chi connectivity index (χ4n) is 7.36. The number of Topliss-reactive ketones (excluding diaryl/α,β-unsaturated/α-hetero) is 1. The Morgan fingerprint density at radius 3 is 1.29 bits per heavy atom. The van der Waals surface area contributed by atoms with Gasteiger partial charge < -0.3 is 0 Å². The Balaban J connectivity index is 1.04. The summed E-state index contributed by atoms with van der Waals surface area (Å²) in [5.41, 5.74) is 6.05. The van der Waals surface area contributed by atoms with Crippen molar-refractivity contribution in [3.8, 4) is 0 Å². The molecule has 2 fully saturated rings. The summed E-state index contributed by atoms with van der Waals surface area (Å²) in [5.74, 6) is 3.72. The number of hydrogen-bond acceptors (Lipinski definition) is 1. The number of carbonyl (C=O) groups excluding carboxylic acids is 1. The Bertz CT molecular complexity index is 846. The highest BCUT2D eigenvalue weighted by molar-refractivity contribution is 5.78. The maximum Gasteiger partial charge on any atom is 0.132 e. The average Bonchev–Trinajstić information content (AvgIpc) is 2.95. The van der Waals surface area contributed by atoms with Gasteiger partial charge in [-0.15, -0.1) is 0 Å². The van der Waals surface area contributed by atoms with Gasteiger partial charge in [0.2, 0.25) is 0 Å². The standard InChI is InChI=1S/C37H54O/c1-3-7-29-13-21-33(22-14-29)35-25-17-31(18-26-35)9-5-11-37(38)12-6-10-32-19-27-36(28-20-32)34-23-15-30(8-4-2)16-24-34/h13-16,21-24,31-32,35-36H,3-12,17-20,25-28H2,1-2H3/t31-,32?,35-,36?. The van der Waals surface area contributed by atoms with Crippen molar-refractivity contribution in [2.75, 3.05) is 0 Å². The Kier molecular flexibility index (Phi) is 12.0. The molecule has 0 radical (unpaired) electrons. The molecule has 2 aromatic carbocycles. The molecule has 2 aliphatic rings. The lowest BCUT2D eigenvalue weighted by Gasteiger charge is -2.29. The number of benzene rings is 2. The SMILES string of the molecule is CCCc1ccc(C2CCC(CCCC(=O)CCC[C@H]3CC[C@H](c4ccc(CCC)cc4)CC3)CC2)cc1. The molecule has 0 bridgehead atoms. The van der Waals surface area contributed by atoms with Gasteiger partial charge in [0.15, 0.2) is 0 Å². The average molecular weight is 515 g/mol. The fourth-order valence-corrected chi connectivity index (χ4v) is 7.36. The molecule has 0 N–H and O–H groups in total. The number of carbonyl (C=O) groups is 1. The van der Waals surface area contributed by atoms with Gasteiger partial charge in [0.25, 0.3) is 0 Å². The minimum Gasteiger partial charge on any atom is -0.300 e. The van der Waals surface area contributed by atoms with Crippen LogP contribution in [0.5, 0.6) is 0 Å². The first-order valence-electron chi connectivity index (χ1n) is 16.3. The van der Waals surface area contributed by atoms with Crippen LogP contribution in [-0.4, -0.2) is 5.78 Å². The molecule has 2 aromatic rings. The smallest absolute Gasteiger partial charge is 0.132 e. The van der Waals surface area contributed by atoms with Crippen molar-refractivity contribution in [3.63, 3.8) is 0 Å². The van der Waals surface area contributed by atoms with Gasteiger partial charge in [-0.3, -0.25) is 4.79 Å². The van der Waals surface area contributed by atoms with Crippen LogP contribution in [0.1, 0.15) is 151 Å². The zero-order valence-corrected chi connectivity index (χ0v) is 24.6. The summed E-state index contributed by atoms with van der Waals surface area (Å²) in [4.78, 5) is 12.5. The van der Waals surface area contributed by atoms with E-state index in [1.54, 1.807) is 11.1 Å². The van der Waals surface area contributed by atoms with E-state index in [1.807, 2.05) is 0 Å². The van der Waals surface area contributed by atoms with Gasteiger partial charge >= 0.3 is 0 Å². The van der Waals surface area contributed by atoms with E-state index in [0.717, 1.165) is 49.4 Å². The van der Waals surface area contributed by atoms with E-state index in [4.69, 9.17) is 0 Å². The van der Waals surface area contributed by atoms with E-state index in [2.05, 4.69) is 62.4 Å². The van der Waals surface area contributed by atoms with Crippen molar-refractivity contribution in [2.45, 2.75) is 141 Å². The van der Waals surface area contributed by atoms with Crippen LogP contribution in [0.2, 0.25) is 0 Å². The predicted octanol–water partition coefficient (Wildman–Crippen LogP) is 10.7. The monoisotopic (exact) mass is 514 g/mol. The molecule has 2 saturated carbocycles. The maximum atomic E-state index is 12.5. The topological polar surface area (TPSA) is 17.1 Å². The van der Waals surface area contributed by atoms with Crippen molar-refractivity contribution in [1.29, 1.82) is 0 Å². The van der Waals surface area contributed by atoms with Gasteiger partial charge in [0.1, 0.15) is 5.78 Å². The van der Waals surface area contributed by atoms with Crippen molar-refractivity contribution in [1.82, 2.24) is 0 Å². The van der Waals surface area contributed by atoms with Crippen molar-refractivity contribution in [2.24, 2.45) is 11.8 Å². The Morgan fingerprint density at radius 2 is 0.947 bits per heavy atom. The van der Waals surface area contributed by atoms with E-state index in [1.165, 1.54) is 101 Å². The minimum absolute atomic E-state index is 0.520. The molecule has 0 atom stereocenters. The molecule has 1 heteroatoms. The number of aryl methyl sites for hydroxylation is 2. The lowest BCUT2D eigenvalue weighted by atomic mass is 9.76. The molecule has 0 aliphatic heterocycles. The number of ketones is 1. The highest BCUT2D eigenvalue weighted by Gasteiger charge is 2.24. The van der Waals surface area contributed by atoms with Crippen LogP contribution in [0.25, 0.3) is 0 Å². The van der Waals surface area contributed by atoms with Crippen molar-refractivity contribution in [3.05, 3.63) is 70.8 Å². The van der Waals surface area contributed by atoms with Crippen LogP contribution >= 0.6 is 0 Å². The summed E-state index contributed by atoms with van der Waals surface area (Å²) in [6, 6.07) is 18.9. The van der Waals surface area contributed by atoms with E-state index in [9.17, 15) is 4.79 Å². The Morgan fingerprint density at radius 1 is 0.579 bits per heavy atom. The largest absolute Gasteiger partial charge is 0.300 e. The van der Waals surface area contributed by atoms with E-state index >= 15 is 0 Å². The Hall–Kier alpha value is -1.89. The molecular weight excluding hydrogens is 460 g/mol. The molecule has 2 aliphatic carbocycles. The van der Waals surface area contributed by atoms with Gasteiger partial charge in [0.05, 0.1) is 0 Å². The zero-order chi connectivity index (χ0) is 26.6. The molecule has 0 unspecified atom stereocenters. The van der Waals surface area contributed by atoms with Crippen LogP contribution in [0.15, 0.2) is 48.5 Å². The quantitative estimate of drug-likeness (QED) is 0.245. The summed E-state index contributed by atoms with van der Waals surface area (Å²) in [7, 11) is 0. The maximum absolute atomic E-state index is 12.5. The van der Waals surface area contributed by atoms with E-state index < -0.39 is 0 Å².